The summed E-state index contributed by atoms with van der Waals surface area (Å²) in [6.07, 6.45) is 1.60. The van der Waals surface area contributed by atoms with Crippen LogP contribution in [0.15, 0.2) is 63.9 Å². The lowest BCUT2D eigenvalue weighted by Crippen LogP contribution is -2.27. The van der Waals surface area contributed by atoms with Crippen LogP contribution in [-0.2, 0) is 4.79 Å². The summed E-state index contributed by atoms with van der Waals surface area (Å²) < 4.78 is 19.6. The minimum absolute atomic E-state index is 0.325. The van der Waals surface area contributed by atoms with Gasteiger partial charge in [0.2, 0.25) is 0 Å². The van der Waals surface area contributed by atoms with Gasteiger partial charge in [-0.15, -0.1) is 0 Å². The summed E-state index contributed by atoms with van der Waals surface area (Å²) in [5.41, 5.74) is 1.04. The third-order valence-electron chi connectivity index (χ3n) is 3.95. The summed E-state index contributed by atoms with van der Waals surface area (Å²) >= 11 is 18.6. The highest BCUT2D eigenvalue weighted by Gasteiger charge is 2.33. The number of benzene rings is 2. The lowest BCUT2D eigenvalue weighted by atomic mass is 10.2. The SMILES string of the molecule is O=C1/C(=C\c2ccc(-c3cc(Cl)ccc3Cl)o2)SC(=S)N1c1cccc(F)c1. The Morgan fingerprint density at radius 3 is 2.71 bits per heavy atom. The fourth-order valence-electron chi connectivity index (χ4n) is 2.70. The van der Waals surface area contributed by atoms with Gasteiger partial charge in [0.1, 0.15) is 17.3 Å². The highest BCUT2D eigenvalue weighted by Crippen LogP contribution is 2.37. The second kappa shape index (κ2) is 7.72. The monoisotopic (exact) mass is 449 g/mol. The molecule has 0 atom stereocenters. The van der Waals surface area contributed by atoms with E-state index >= 15 is 0 Å². The molecule has 0 radical (unpaired) electrons. The topological polar surface area (TPSA) is 33.5 Å². The first-order valence-electron chi connectivity index (χ1n) is 8.01. The number of thioether (sulfide) groups is 1. The summed E-state index contributed by atoms with van der Waals surface area (Å²) in [7, 11) is 0. The molecular weight excluding hydrogens is 440 g/mol. The van der Waals surface area contributed by atoms with Gasteiger partial charge in [-0.25, -0.2) is 4.39 Å². The third kappa shape index (κ3) is 3.73. The molecule has 1 aliphatic rings. The van der Waals surface area contributed by atoms with E-state index in [1.165, 1.54) is 23.1 Å². The van der Waals surface area contributed by atoms with Crippen molar-refractivity contribution in [3.63, 3.8) is 0 Å². The van der Waals surface area contributed by atoms with E-state index in [1.54, 1.807) is 42.5 Å². The Hall–Kier alpha value is -2.12. The zero-order valence-electron chi connectivity index (χ0n) is 14.0. The maximum atomic E-state index is 13.5. The zero-order valence-corrected chi connectivity index (χ0v) is 17.1. The van der Waals surface area contributed by atoms with Crippen LogP contribution in [0.2, 0.25) is 10.0 Å². The molecule has 1 aromatic heterocycles. The van der Waals surface area contributed by atoms with Gasteiger partial charge in [0.25, 0.3) is 5.91 Å². The standard InChI is InChI=1S/C20H10Cl2FNO2S2/c21-11-4-6-16(22)15(8-11)17-7-5-14(26-17)10-18-19(25)24(20(27)28-18)13-3-1-2-12(23)9-13/h1-10H/b18-10+. The van der Waals surface area contributed by atoms with Gasteiger partial charge in [0.05, 0.1) is 15.6 Å². The van der Waals surface area contributed by atoms with Crippen LogP contribution in [0.5, 0.6) is 0 Å². The van der Waals surface area contributed by atoms with Crippen LogP contribution in [0.1, 0.15) is 5.76 Å². The Morgan fingerprint density at radius 1 is 1.11 bits per heavy atom. The molecule has 0 N–H and O–H groups in total. The number of thiocarbonyl (C=S) groups is 1. The molecule has 0 bridgehead atoms. The Kier molecular flexibility index (Phi) is 5.29. The van der Waals surface area contributed by atoms with Gasteiger partial charge in [-0.2, -0.15) is 0 Å². The highest BCUT2D eigenvalue weighted by molar-refractivity contribution is 8.27. The number of rotatable bonds is 3. The van der Waals surface area contributed by atoms with Crippen molar-refractivity contribution >= 4 is 69.2 Å². The van der Waals surface area contributed by atoms with E-state index in [-0.39, 0.29) is 5.91 Å². The number of hydrogen-bond acceptors (Lipinski definition) is 4. The summed E-state index contributed by atoms with van der Waals surface area (Å²) in [6, 6.07) is 14.3. The number of anilines is 1. The number of hydrogen-bond donors (Lipinski definition) is 0. The molecule has 2 aromatic carbocycles. The molecule has 8 heteroatoms. The molecule has 1 aliphatic heterocycles. The van der Waals surface area contributed by atoms with Crippen molar-refractivity contribution in [1.82, 2.24) is 0 Å². The van der Waals surface area contributed by atoms with E-state index in [0.29, 0.717) is 42.0 Å². The Morgan fingerprint density at radius 2 is 1.93 bits per heavy atom. The average molecular weight is 450 g/mol. The fourth-order valence-corrected chi connectivity index (χ4v) is 4.36. The van der Waals surface area contributed by atoms with Gasteiger partial charge >= 0.3 is 0 Å². The van der Waals surface area contributed by atoms with Crippen LogP contribution in [0.25, 0.3) is 17.4 Å². The highest BCUT2D eigenvalue weighted by atomic mass is 35.5. The number of amides is 1. The zero-order chi connectivity index (χ0) is 19.8. The van der Waals surface area contributed by atoms with Gasteiger partial charge in [0.15, 0.2) is 4.32 Å². The summed E-state index contributed by atoms with van der Waals surface area (Å²) in [6.45, 7) is 0. The van der Waals surface area contributed by atoms with Crippen molar-refractivity contribution in [2.75, 3.05) is 4.90 Å². The summed E-state index contributed by atoms with van der Waals surface area (Å²) in [5.74, 6) is 0.217. The number of halogens is 3. The summed E-state index contributed by atoms with van der Waals surface area (Å²) in [4.78, 5) is 14.4. The minimum Gasteiger partial charge on any atom is -0.457 e. The molecule has 0 aliphatic carbocycles. The minimum atomic E-state index is -0.440. The van der Waals surface area contributed by atoms with Gasteiger partial charge in [-0.05, 0) is 48.5 Å². The Bertz CT molecular complexity index is 1140. The molecule has 0 spiro atoms. The van der Waals surface area contributed by atoms with Gasteiger partial charge < -0.3 is 4.42 Å². The predicted octanol–water partition coefficient (Wildman–Crippen LogP) is 6.80. The largest absolute Gasteiger partial charge is 0.457 e. The molecule has 4 rings (SSSR count). The van der Waals surface area contributed by atoms with E-state index in [0.717, 1.165) is 11.8 Å². The first-order valence-corrected chi connectivity index (χ1v) is 9.99. The first-order chi connectivity index (χ1) is 13.4. The van der Waals surface area contributed by atoms with Gasteiger partial charge in [-0.3, -0.25) is 9.69 Å². The van der Waals surface area contributed by atoms with Crippen LogP contribution >= 0.6 is 47.2 Å². The molecule has 2 heterocycles. The van der Waals surface area contributed by atoms with E-state index < -0.39 is 5.82 Å². The molecule has 3 nitrogen and oxygen atoms in total. The first kappa shape index (κ1) is 19.2. The van der Waals surface area contributed by atoms with E-state index in [2.05, 4.69) is 0 Å². The second-order valence-electron chi connectivity index (χ2n) is 5.82. The molecule has 1 fully saturated rings. The summed E-state index contributed by atoms with van der Waals surface area (Å²) in [5, 5.41) is 1.04. The van der Waals surface area contributed by atoms with Gasteiger partial charge in [-0.1, -0.05) is 53.2 Å². The quantitative estimate of drug-likeness (QED) is 0.325. The van der Waals surface area contributed by atoms with Crippen LogP contribution in [0.4, 0.5) is 10.1 Å². The Labute approximate surface area is 179 Å². The molecule has 0 unspecified atom stereocenters. The molecular formula is C20H10Cl2FNO2S2. The van der Waals surface area contributed by atoms with Crippen molar-refractivity contribution in [2.45, 2.75) is 0 Å². The normalized spacial score (nSPS) is 15.7. The maximum Gasteiger partial charge on any atom is 0.270 e. The lowest BCUT2D eigenvalue weighted by Gasteiger charge is -2.14. The number of carbonyl (C=O) groups is 1. The van der Waals surface area contributed by atoms with E-state index in [1.807, 2.05) is 0 Å². The average Bonchev–Trinajstić information content (AvgIpc) is 3.22. The van der Waals surface area contributed by atoms with Crippen LogP contribution in [0, 0.1) is 5.82 Å². The van der Waals surface area contributed by atoms with Gasteiger partial charge in [0, 0.05) is 16.7 Å². The molecule has 140 valence electrons. The smallest absolute Gasteiger partial charge is 0.270 e. The second-order valence-corrected chi connectivity index (χ2v) is 8.34. The number of nitrogens with zero attached hydrogens (tertiary/aromatic N) is 1. The van der Waals surface area contributed by atoms with Crippen molar-refractivity contribution < 1.29 is 13.6 Å². The molecule has 1 amide bonds. The third-order valence-corrected chi connectivity index (χ3v) is 5.82. The molecule has 1 saturated heterocycles. The van der Waals surface area contributed by atoms with Crippen LogP contribution in [0.3, 0.4) is 0 Å². The van der Waals surface area contributed by atoms with Crippen LogP contribution < -0.4 is 4.90 Å². The van der Waals surface area contributed by atoms with Crippen molar-refractivity contribution in [2.24, 2.45) is 0 Å². The fraction of sp³-hybridized carbons (Fsp3) is 0. The molecule has 3 aromatic rings. The molecule has 28 heavy (non-hydrogen) atoms. The molecule has 0 saturated carbocycles. The van der Waals surface area contributed by atoms with Crippen molar-refractivity contribution in [3.05, 3.63) is 81.1 Å². The van der Waals surface area contributed by atoms with Crippen molar-refractivity contribution in [1.29, 1.82) is 0 Å². The Balaban J connectivity index is 1.64. The number of carbonyl (C=O) groups excluding carboxylic acids is 1. The van der Waals surface area contributed by atoms with E-state index in [9.17, 15) is 9.18 Å². The van der Waals surface area contributed by atoms with E-state index in [4.69, 9.17) is 39.8 Å². The van der Waals surface area contributed by atoms with Crippen molar-refractivity contribution in [3.8, 4) is 11.3 Å². The maximum absolute atomic E-state index is 13.5. The number of furan rings is 1. The predicted molar refractivity (Wildman–Crippen MR) is 116 cm³/mol. The van der Waals surface area contributed by atoms with Crippen LogP contribution in [-0.4, -0.2) is 10.2 Å². The lowest BCUT2D eigenvalue weighted by molar-refractivity contribution is -0.113.